The zero-order chi connectivity index (χ0) is 15.3. The molecule has 0 heterocycles. The normalized spacial score (nSPS) is 12.5. The molecule has 1 nitrogen and oxygen atoms in total. The standard InChI is InChI=1S/C20H34O/c1-3-4-5-6-7-8-9-10-11-16-20(21)17-19-15-13-12-14-18(19)2/h12-15,20-21H,3-11,16-17H2,1-2H3. The maximum Gasteiger partial charge on any atom is 0.0580 e. The van der Waals surface area contributed by atoms with Crippen molar-refractivity contribution in [3.05, 3.63) is 35.4 Å². The molecule has 0 saturated carbocycles. The fourth-order valence-corrected chi connectivity index (χ4v) is 2.89. The fourth-order valence-electron chi connectivity index (χ4n) is 2.89. The number of benzene rings is 1. The van der Waals surface area contributed by atoms with Crippen molar-refractivity contribution in [3.8, 4) is 0 Å². The first-order valence-corrected chi connectivity index (χ1v) is 8.96. The van der Waals surface area contributed by atoms with Gasteiger partial charge in [0.1, 0.15) is 0 Å². The Hall–Kier alpha value is -0.820. The van der Waals surface area contributed by atoms with Crippen LogP contribution in [0.4, 0.5) is 0 Å². The van der Waals surface area contributed by atoms with Crippen molar-refractivity contribution >= 4 is 0 Å². The molecule has 0 saturated heterocycles. The highest BCUT2D eigenvalue weighted by Gasteiger charge is 2.06. The summed E-state index contributed by atoms with van der Waals surface area (Å²) in [6.07, 6.45) is 13.7. The van der Waals surface area contributed by atoms with E-state index in [4.69, 9.17) is 0 Å². The van der Waals surface area contributed by atoms with E-state index in [9.17, 15) is 5.11 Å². The van der Waals surface area contributed by atoms with Gasteiger partial charge in [-0.1, -0.05) is 89.0 Å². The van der Waals surface area contributed by atoms with Gasteiger partial charge in [0.05, 0.1) is 6.10 Å². The van der Waals surface area contributed by atoms with Gasteiger partial charge in [0, 0.05) is 0 Å². The minimum Gasteiger partial charge on any atom is -0.393 e. The Balaban J connectivity index is 1.99. The molecule has 0 radical (unpaired) electrons. The van der Waals surface area contributed by atoms with Crippen LogP contribution < -0.4 is 0 Å². The Morgan fingerprint density at radius 3 is 2.05 bits per heavy atom. The molecule has 0 amide bonds. The van der Waals surface area contributed by atoms with Crippen molar-refractivity contribution in [2.75, 3.05) is 0 Å². The van der Waals surface area contributed by atoms with E-state index < -0.39 is 0 Å². The van der Waals surface area contributed by atoms with E-state index in [0.29, 0.717) is 0 Å². The second kappa shape index (κ2) is 11.8. The number of rotatable bonds is 12. The average Bonchev–Trinajstić information content (AvgIpc) is 2.48. The van der Waals surface area contributed by atoms with Crippen molar-refractivity contribution in [1.82, 2.24) is 0 Å². The molecule has 0 aliphatic carbocycles. The minimum absolute atomic E-state index is 0.171. The smallest absolute Gasteiger partial charge is 0.0580 e. The summed E-state index contributed by atoms with van der Waals surface area (Å²) < 4.78 is 0. The van der Waals surface area contributed by atoms with Gasteiger partial charge in [-0.3, -0.25) is 0 Å². The van der Waals surface area contributed by atoms with Gasteiger partial charge in [0.2, 0.25) is 0 Å². The summed E-state index contributed by atoms with van der Waals surface area (Å²) in [5.41, 5.74) is 2.59. The number of hydrogen-bond donors (Lipinski definition) is 1. The summed E-state index contributed by atoms with van der Waals surface area (Å²) in [7, 11) is 0. The summed E-state index contributed by atoms with van der Waals surface area (Å²) in [5.74, 6) is 0. The van der Waals surface area contributed by atoms with E-state index in [2.05, 4.69) is 38.1 Å². The van der Waals surface area contributed by atoms with E-state index in [-0.39, 0.29) is 6.10 Å². The third-order valence-electron chi connectivity index (χ3n) is 4.36. The second-order valence-corrected chi connectivity index (χ2v) is 6.40. The van der Waals surface area contributed by atoms with Gasteiger partial charge in [-0.25, -0.2) is 0 Å². The van der Waals surface area contributed by atoms with Crippen LogP contribution in [0.3, 0.4) is 0 Å². The van der Waals surface area contributed by atoms with Crippen LogP contribution in [0.2, 0.25) is 0 Å². The predicted molar refractivity (Wildman–Crippen MR) is 92.7 cm³/mol. The van der Waals surface area contributed by atoms with Gasteiger partial charge in [-0.15, -0.1) is 0 Å². The Morgan fingerprint density at radius 2 is 1.43 bits per heavy atom. The van der Waals surface area contributed by atoms with Gasteiger partial charge in [-0.2, -0.15) is 0 Å². The van der Waals surface area contributed by atoms with Crippen LogP contribution in [0.5, 0.6) is 0 Å². The summed E-state index contributed by atoms with van der Waals surface area (Å²) in [6.45, 7) is 4.39. The molecule has 1 N–H and O–H groups in total. The Labute approximate surface area is 131 Å². The van der Waals surface area contributed by atoms with Crippen LogP contribution in [0.15, 0.2) is 24.3 Å². The SMILES string of the molecule is CCCCCCCCCCCC(O)Cc1ccccc1C. The molecule has 1 aromatic rings. The molecule has 0 spiro atoms. The van der Waals surface area contributed by atoms with Gasteiger partial charge in [0.15, 0.2) is 0 Å². The highest BCUT2D eigenvalue weighted by atomic mass is 16.3. The molecule has 1 aromatic carbocycles. The third-order valence-corrected chi connectivity index (χ3v) is 4.36. The lowest BCUT2D eigenvalue weighted by Gasteiger charge is -2.12. The summed E-state index contributed by atoms with van der Waals surface area (Å²) in [5, 5.41) is 10.1. The zero-order valence-corrected chi connectivity index (χ0v) is 14.1. The highest BCUT2D eigenvalue weighted by Crippen LogP contribution is 2.15. The Kier molecular flexibility index (Phi) is 10.2. The lowest BCUT2D eigenvalue weighted by atomic mass is 9.99. The molecule has 1 unspecified atom stereocenters. The van der Waals surface area contributed by atoms with Crippen LogP contribution in [0.25, 0.3) is 0 Å². The average molecular weight is 290 g/mol. The molecule has 21 heavy (non-hydrogen) atoms. The minimum atomic E-state index is -0.171. The molecular weight excluding hydrogens is 256 g/mol. The molecule has 1 atom stereocenters. The summed E-state index contributed by atoms with van der Waals surface area (Å²) in [4.78, 5) is 0. The number of unbranched alkanes of at least 4 members (excludes halogenated alkanes) is 8. The first-order valence-electron chi connectivity index (χ1n) is 8.96. The molecular formula is C20H34O. The molecule has 120 valence electrons. The number of aliphatic hydroxyl groups excluding tert-OH is 1. The molecule has 0 bridgehead atoms. The summed E-state index contributed by atoms with van der Waals surface area (Å²) >= 11 is 0. The molecule has 0 fully saturated rings. The topological polar surface area (TPSA) is 20.2 Å². The van der Waals surface area contributed by atoms with E-state index in [1.54, 1.807) is 0 Å². The molecule has 1 heteroatoms. The lowest BCUT2D eigenvalue weighted by Crippen LogP contribution is -2.11. The maximum atomic E-state index is 10.1. The van der Waals surface area contributed by atoms with E-state index in [1.807, 2.05) is 0 Å². The van der Waals surface area contributed by atoms with Crippen LogP contribution in [0.1, 0.15) is 82.3 Å². The molecule has 0 aliphatic heterocycles. The predicted octanol–water partition coefficient (Wildman–Crippen LogP) is 5.82. The van der Waals surface area contributed by atoms with Crippen LogP contribution in [0, 0.1) is 6.92 Å². The first kappa shape index (κ1) is 18.2. The monoisotopic (exact) mass is 290 g/mol. The van der Waals surface area contributed by atoms with Gasteiger partial charge < -0.3 is 5.11 Å². The van der Waals surface area contributed by atoms with Gasteiger partial charge in [0.25, 0.3) is 0 Å². The Bertz CT molecular complexity index is 359. The highest BCUT2D eigenvalue weighted by molar-refractivity contribution is 5.26. The van der Waals surface area contributed by atoms with Crippen molar-refractivity contribution < 1.29 is 5.11 Å². The van der Waals surface area contributed by atoms with E-state index in [0.717, 1.165) is 12.8 Å². The maximum absolute atomic E-state index is 10.1. The van der Waals surface area contributed by atoms with Crippen molar-refractivity contribution in [1.29, 1.82) is 0 Å². The first-order chi connectivity index (χ1) is 10.2. The largest absolute Gasteiger partial charge is 0.393 e. The van der Waals surface area contributed by atoms with Crippen LogP contribution in [-0.2, 0) is 6.42 Å². The van der Waals surface area contributed by atoms with Crippen LogP contribution >= 0.6 is 0 Å². The van der Waals surface area contributed by atoms with E-state index >= 15 is 0 Å². The van der Waals surface area contributed by atoms with Gasteiger partial charge >= 0.3 is 0 Å². The zero-order valence-electron chi connectivity index (χ0n) is 14.1. The van der Waals surface area contributed by atoms with E-state index in [1.165, 1.54) is 68.9 Å². The molecule has 0 aromatic heterocycles. The van der Waals surface area contributed by atoms with Crippen molar-refractivity contribution in [2.24, 2.45) is 0 Å². The lowest BCUT2D eigenvalue weighted by molar-refractivity contribution is 0.160. The summed E-state index contributed by atoms with van der Waals surface area (Å²) in [6, 6.07) is 8.38. The fraction of sp³-hybridized carbons (Fsp3) is 0.700. The molecule has 1 rings (SSSR count). The van der Waals surface area contributed by atoms with Crippen molar-refractivity contribution in [3.63, 3.8) is 0 Å². The number of aliphatic hydroxyl groups is 1. The number of hydrogen-bond acceptors (Lipinski definition) is 1. The van der Waals surface area contributed by atoms with Crippen LogP contribution in [-0.4, -0.2) is 11.2 Å². The van der Waals surface area contributed by atoms with Crippen molar-refractivity contribution in [2.45, 2.75) is 90.6 Å². The Morgan fingerprint density at radius 1 is 0.857 bits per heavy atom. The number of aryl methyl sites for hydroxylation is 1. The quantitative estimate of drug-likeness (QED) is 0.481. The molecule has 0 aliphatic rings. The van der Waals surface area contributed by atoms with Gasteiger partial charge in [-0.05, 0) is 30.9 Å². The second-order valence-electron chi connectivity index (χ2n) is 6.40. The third kappa shape index (κ3) is 8.93.